The number of rotatable bonds is 2. The van der Waals surface area contributed by atoms with Crippen LogP contribution in [0.5, 0.6) is 11.5 Å². The Hall–Kier alpha value is -4.50. The molecule has 3 atom stereocenters. The Morgan fingerprint density at radius 2 is 1.56 bits per heavy atom. The minimum absolute atomic E-state index is 0.0325. The second-order valence-corrected chi connectivity index (χ2v) is 9.67. The number of ether oxygens (including phenoxy) is 1. The summed E-state index contributed by atoms with van der Waals surface area (Å²) in [5.74, 6) is 2.47. The molecule has 1 heterocycles. The average molecular weight is 469 g/mol. The van der Waals surface area contributed by atoms with Gasteiger partial charge in [-0.2, -0.15) is 0 Å². The minimum Gasteiger partial charge on any atom is -0.508 e. The van der Waals surface area contributed by atoms with Gasteiger partial charge in [-0.15, -0.1) is 0 Å². The smallest absolute Gasteiger partial charge is 0.131 e. The largest absolute Gasteiger partial charge is 0.508 e. The van der Waals surface area contributed by atoms with Crippen LogP contribution in [-0.2, 0) is 0 Å². The molecule has 36 heavy (non-hydrogen) atoms. The zero-order valence-corrected chi connectivity index (χ0v) is 19.5. The third-order valence-corrected chi connectivity index (χ3v) is 7.61. The van der Waals surface area contributed by atoms with Gasteiger partial charge < -0.3 is 14.9 Å². The highest BCUT2D eigenvalue weighted by Crippen LogP contribution is 2.54. The SMILES string of the molecule is OC1=CC2=CC=C3Oc4ccc5cc(O)ccc5c4C(c4ccc(-c5ccccc5)cc4)C3C2C=C1. The van der Waals surface area contributed by atoms with Crippen LogP contribution in [0, 0.1) is 11.8 Å². The molecule has 174 valence electrons. The maximum absolute atomic E-state index is 10.1. The second kappa shape index (κ2) is 8.03. The number of fused-ring (bicyclic) bond motifs is 6. The molecule has 0 spiro atoms. The first-order chi connectivity index (χ1) is 17.7. The summed E-state index contributed by atoms with van der Waals surface area (Å²) in [5.41, 5.74) is 5.80. The summed E-state index contributed by atoms with van der Waals surface area (Å²) in [5, 5.41) is 22.3. The Bertz CT molecular complexity index is 1620. The second-order valence-electron chi connectivity index (χ2n) is 9.67. The molecule has 1 aliphatic heterocycles. The lowest BCUT2D eigenvalue weighted by Gasteiger charge is -2.42. The molecule has 0 saturated heterocycles. The number of hydrogen-bond donors (Lipinski definition) is 2. The first-order valence-corrected chi connectivity index (χ1v) is 12.3. The molecule has 4 aromatic carbocycles. The monoisotopic (exact) mass is 468 g/mol. The molecule has 3 unspecified atom stereocenters. The third kappa shape index (κ3) is 3.28. The van der Waals surface area contributed by atoms with E-state index in [2.05, 4.69) is 66.8 Å². The number of phenols is 1. The molecule has 0 radical (unpaired) electrons. The summed E-state index contributed by atoms with van der Waals surface area (Å²) >= 11 is 0. The molecule has 4 aromatic rings. The van der Waals surface area contributed by atoms with Crippen molar-refractivity contribution in [3.05, 3.63) is 144 Å². The van der Waals surface area contributed by atoms with Gasteiger partial charge in [-0.1, -0.05) is 78.9 Å². The van der Waals surface area contributed by atoms with Crippen LogP contribution in [0.1, 0.15) is 17.0 Å². The minimum atomic E-state index is 0.0325. The molecule has 0 amide bonds. The highest BCUT2D eigenvalue weighted by atomic mass is 16.5. The Balaban J connectivity index is 1.44. The lowest BCUT2D eigenvalue weighted by atomic mass is 9.66. The van der Waals surface area contributed by atoms with Gasteiger partial charge in [-0.3, -0.25) is 0 Å². The number of benzene rings is 4. The summed E-state index contributed by atoms with van der Waals surface area (Å²) in [6.45, 7) is 0. The van der Waals surface area contributed by atoms with Crippen LogP contribution in [-0.4, -0.2) is 10.2 Å². The van der Waals surface area contributed by atoms with Gasteiger partial charge in [-0.25, -0.2) is 0 Å². The van der Waals surface area contributed by atoms with Crippen LogP contribution < -0.4 is 4.74 Å². The van der Waals surface area contributed by atoms with Crippen LogP contribution in [0.2, 0.25) is 0 Å². The Kier molecular flexibility index (Phi) is 4.65. The van der Waals surface area contributed by atoms with E-state index in [1.54, 1.807) is 12.1 Å². The number of aliphatic hydroxyl groups excluding tert-OH is 1. The standard InChI is InChI=1S/C33H24O3/c34-25-12-14-27-23(18-25)10-16-29-32(27)31(22-8-6-21(7-9-22)20-4-2-1-3-5-20)33-28-15-13-26(35)19-24(28)11-17-30(33)36-29/h1-19,27,31-32,34-35H. The highest BCUT2D eigenvalue weighted by molar-refractivity contribution is 5.90. The molecular formula is C33H24O3. The van der Waals surface area contributed by atoms with Crippen molar-refractivity contribution >= 4 is 10.8 Å². The van der Waals surface area contributed by atoms with Crippen molar-refractivity contribution in [2.24, 2.45) is 11.8 Å². The first-order valence-electron chi connectivity index (χ1n) is 12.3. The molecular weight excluding hydrogens is 444 g/mol. The zero-order valence-electron chi connectivity index (χ0n) is 19.5. The fraction of sp³-hybridized carbons (Fsp3) is 0.0909. The third-order valence-electron chi connectivity index (χ3n) is 7.61. The van der Waals surface area contributed by atoms with E-state index in [1.807, 2.05) is 36.4 Å². The fourth-order valence-electron chi connectivity index (χ4n) is 5.98. The lowest BCUT2D eigenvalue weighted by Crippen LogP contribution is -2.33. The molecule has 3 aliphatic rings. The number of allylic oxidation sites excluding steroid dienone is 7. The van der Waals surface area contributed by atoms with Gasteiger partial charge in [0.25, 0.3) is 0 Å². The zero-order chi connectivity index (χ0) is 24.2. The maximum atomic E-state index is 10.1. The quantitative estimate of drug-likeness (QED) is 0.315. The van der Waals surface area contributed by atoms with E-state index in [0.29, 0.717) is 0 Å². The van der Waals surface area contributed by atoms with Crippen molar-refractivity contribution in [1.82, 2.24) is 0 Å². The fourth-order valence-corrected chi connectivity index (χ4v) is 5.98. The van der Waals surface area contributed by atoms with Gasteiger partial charge in [-0.05, 0) is 69.5 Å². The topological polar surface area (TPSA) is 49.7 Å². The van der Waals surface area contributed by atoms with Crippen LogP contribution in [0.25, 0.3) is 21.9 Å². The molecule has 7 rings (SSSR count). The van der Waals surface area contributed by atoms with Crippen LogP contribution in [0.4, 0.5) is 0 Å². The number of aliphatic hydroxyl groups is 1. The van der Waals surface area contributed by atoms with Gasteiger partial charge in [0.1, 0.15) is 23.0 Å². The van der Waals surface area contributed by atoms with E-state index in [9.17, 15) is 10.2 Å². The van der Waals surface area contributed by atoms with Gasteiger partial charge in [0.2, 0.25) is 0 Å². The summed E-state index contributed by atoms with van der Waals surface area (Å²) in [6.07, 6.45) is 9.83. The van der Waals surface area contributed by atoms with Gasteiger partial charge in [0.15, 0.2) is 0 Å². The summed E-state index contributed by atoms with van der Waals surface area (Å²) in [7, 11) is 0. The normalized spacial score (nSPS) is 21.9. The predicted molar refractivity (Wildman–Crippen MR) is 143 cm³/mol. The van der Waals surface area contributed by atoms with Crippen LogP contribution >= 0.6 is 0 Å². The Labute approximate surface area is 209 Å². The van der Waals surface area contributed by atoms with Crippen LogP contribution in [0.3, 0.4) is 0 Å². The van der Waals surface area contributed by atoms with Crippen molar-refractivity contribution in [3.8, 4) is 22.6 Å². The van der Waals surface area contributed by atoms with Crippen molar-refractivity contribution in [2.45, 2.75) is 5.92 Å². The van der Waals surface area contributed by atoms with E-state index in [-0.39, 0.29) is 29.3 Å². The summed E-state index contributed by atoms with van der Waals surface area (Å²) < 4.78 is 6.53. The molecule has 2 aliphatic carbocycles. The molecule has 3 heteroatoms. The molecule has 3 nitrogen and oxygen atoms in total. The Morgan fingerprint density at radius 1 is 0.750 bits per heavy atom. The summed E-state index contributed by atoms with van der Waals surface area (Å²) in [6, 6.07) is 28.8. The Morgan fingerprint density at radius 3 is 2.39 bits per heavy atom. The van der Waals surface area contributed by atoms with Gasteiger partial charge in [0.05, 0.1) is 0 Å². The van der Waals surface area contributed by atoms with Gasteiger partial charge >= 0.3 is 0 Å². The van der Waals surface area contributed by atoms with Crippen LogP contribution in [0.15, 0.2) is 132 Å². The summed E-state index contributed by atoms with van der Waals surface area (Å²) in [4.78, 5) is 0. The molecule has 0 aromatic heterocycles. The van der Waals surface area contributed by atoms with Crippen molar-refractivity contribution in [2.75, 3.05) is 0 Å². The highest BCUT2D eigenvalue weighted by Gasteiger charge is 2.43. The van der Waals surface area contributed by atoms with Crippen molar-refractivity contribution in [1.29, 1.82) is 0 Å². The molecule has 2 N–H and O–H groups in total. The first kappa shape index (κ1) is 20.8. The van der Waals surface area contributed by atoms with Crippen molar-refractivity contribution < 1.29 is 14.9 Å². The van der Waals surface area contributed by atoms with Gasteiger partial charge in [0, 0.05) is 23.3 Å². The van der Waals surface area contributed by atoms with E-state index >= 15 is 0 Å². The van der Waals surface area contributed by atoms with E-state index in [1.165, 1.54) is 16.7 Å². The van der Waals surface area contributed by atoms with E-state index in [4.69, 9.17) is 4.74 Å². The molecule has 0 fully saturated rings. The maximum Gasteiger partial charge on any atom is 0.131 e. The van der Waals surface area contributed by atoms with E-state index in [0.717, 1.165) is 33.4 Å². The molecule has 0 saturated carbocycles. The van der Waals surface area contributed by atoms with Crippen molar-refractivity contribution in [3.63, 3.8) is 0 Å². The lowest BCUT2D eigenvalue weighted by molar-refractivity contribution is 0.263. The number of aromatic hydroxyl groups is 1. The van der Waals surface area contributed by atoms with E-state index < -0.39 is 0 Å². The average Bonchev–Trinajstić information content (AvgIpc) is 2.92. The molecule has 0 bridgehead atoms. The number of phenolic OH excluding ortho intramolecular Hbond substituents is 1. The predicted octanol–water partition coefficient (Wildman–Crippen LogP) is 7.80. The number of hydrogen-bond acceptors (Lipinski definition) is 3.